The summed E-state index contributed by atoms with van der Waals surface area (Å²) in [6.07, 6.45) is -1.08. The number of nitrogens with zero attached hydrogens (tertiary/aromatic N) is 7. The lowest BCUT2D eigenvalue weighted by Gasteiger charge is -2.22. The van der Waals surface area contributed by atoms with Gasteiger partial charge < -0.3 is 39.8 Å². The summed E-state index contributed by atoms with van der Waals surface area (Å²) in [6, 6.07) is 0. The Morgan fingerprint density at radius 1 is 1.04 bits per heavy atom. The molecular weight excluding hydrogens is 794 g/mol. The third-order valence-corrected chi connectivity index (χ3v) is 11.0. The van der Waals surface area contributed by atoms with Crippen molar-refractivity contribution >= 4 is 90.3 Å². The average Bonchev–Trinajstić information content (AvgIpc) is 3.74. The number of ether oxygens (including phenoxy) is 2. The fourth-order valence-corrected chi connectivity index (χ4v) is 7.96. The van der Waals surface area contributed by atoms with E-state index >= 15 is 0 Å². The number of anilines is 2. The lowest BCUT2D eigenvalue weighted by atomic mass is 10.0. The van der Waals surface area contributed by atoms with Crippen molar-refractivity contribution in [3.05, 3.63) is 28.6 Å². The van der Waals surface area contributed by atoms with Crippen molar-refractivity contribution in [2.45, 2.75) is 43.7 Å². The highest BCUT2D eigenvalue weighted by atomic mass is 127. The van der Waals surface area contributed by atoms with Gasteiger partial charge in [0.1, 0.15) is 41.1 Å². The summed E-state index contributed by atoms with van der Waals surface area (Å²) in [5.41, 5.74) is 12.6. The second-order valence-corrected chi connectivity index (χ2v) is 18.7. The van der Waals surface area contributed by atoms with Crippen LogP contribution in [0.15, 0.2) is 23.8 Å². The molecule has 2 aliphatic heterocycles. The van der Waals surface area contributed by atoms with Crippen LogP contribution < -0.4 is 16.3 Å². The molecule has 0 saturated carbocycles. The standard InChI is InChI=1S/C21H25FIN9O9P2S2/c22-11-2-10(40-20(11)31-8-30-14-16(24)26-6-28-18(14)31)4-39-43(36,44)38-3-9-1-13(41-12(9)5-37-42(23,34)35)32-19-15(45-21(32)33)17(25)27-7-29-19/h6-13,20H,1-5H2,(H,34,35)(H,36,44)(H2,24,26,28)(H2,25,27,29)/t9?,10-,11+,12+,13+,20+,43?/m0/s1. The number of hydrogen-bond acceptors (Lipinski definition) is 16. The number of nitrogen functional groups attached to an aromatic ring is 2. The van der Waals surface area contributed by atoms with Crippen LogP contribution in [-0.2, 0) is 39.4 Å². The summed E-state index contributed by atoms with van der Waals surface area (Å²) in [6.45, 7) is -4.70. The van der Waals surface area contributed by atoms with E-state index in [4.69, 9.17) is 46.3 Å². The second-order valence-electron chi connectivity index (χ2n) is 10.1. The Bertz CT molecular complexity index is 1880. The molecule has 8 atom stereocenters. The van der Waals surface area contributed by atoms with E-state index < -0.39 is 53.6 Å². The topological polar surface area (TPSA) is 247 Å². The first-order valence-corrected chi connectivity index (χ1v) is 20.8. The van der Waals surface area contributed by atoms with E-state index in [1.165, 1.54) is 50.2 Å². The molecule has 0 spiro atoms. The molecule has 244 valence electrons. The van der Waals surface area contributed by atoms with Crippen molar-refractivity contribution in [3.8, 4) is 0 Å². The predicted octanol–water partition coefficient (Wildman–Crippen LogP) is 2.19. The zero-order chi connectivity index (χ0) is 32.1. The zero-order valence-electron chi connectivity index (χ0n) is 22.7. The van der Waals surface area contributed by atoms with Crippen LogP contribution in [0.4, 0.5) is 16.0 Å². The zero-order valence-corrected chi connectivity index (χ0v) is 28.3. The lowest BCUT2D eigenvalue weighted by Crippen LogP contribution is -2.26. The van der Waals surface area contributed by atoms with Crippen LogP contribution in [0.2, 0.25) is 0 Å². The van der Waals surface area contributed by atoms with Gasteiger partial charge in [-0.25, -0.2) is 33.9 Å². The van der Waals surface area contributed by atoms with Crippen molar-refractivity contribution in [1.29, 1.82) is 0 Å². The highest BCUT2D eigenvalue weighted by Gasteiger charge is 2.41. The number of aromatic nitrogens is 7. The predicted molar refractivity (Wildman–Crippen MR) is 169 cm³/mol. The number of halogens is 2. The van der Waals surface area contributed by atoms with Crippen molar-refractivity contribution in [1.82, 2.24) is 34.1 Å². The van der Waals surface area contributed by atoms with E-state index in [0.29, 0.717) is 15.9 Å². The summed E-state index contributed by atoms with van der Waals surface area (Å²) in [7, 11) is 0. The molecule has 24 heteroatoms. The van der Waals surface area contributed by atoms with Gasteiger partial charge in [-0.1, -0.05) is 11.3 Å². The van der Waals surface area contributed by atoms with Crippen LogP contribution in [-0.4, -0.2) is 82.0 Å². The summed E-state index contributed by atoms with van der Waals surface area (Å²) in [4.78, 5) is 53.0. The maximum Gasteiger partial charge on any atom is 0.386 e. The normalized spacial score (nSPS) is 28.1. The quantitative estimate of drug-likeness (QED) is 0.125. The number of imidazole rings is 1. The molecule has 4 aromatic heterocycles. The molecule has 4 aromatic rings. The number of rotatable bonds is 11. The van der Waals surface area contributed by atoms with Gasteiger partial charge in [0.05, 0.1) is 60.4 Å². The number of thiazole rings is 1. The van der Waals surface area contributed by atoms with E-state index in [2.05, 4.69) is 24.9 Å². The van der Waals surface area contributed by atoms with Crippen LogP contribution in [0.1, 0.15) is 25.3 Å². The first-order valence-electron chi connectivity index (χ1n) is 13.1. The van der Waals surface area contributed by atoms with Gasteiger partial charge in [0, 0.05) is 18.8 Å². The molecule has 6 N–H and O–H groups in total. The summed E-state index contributed by atoms with van der Waals surface area (Å²) in [5, 5.41) is -3.90. The van der Waals surface area contributed by atoms with Gasteiger partial charge in [-0.2, -0.15) is 0 Å². The molecule has 2 aliphatic rings. The summed E-state index contributed by atoms with van der Waals surface area (Å²) >= 11 is 7.31. The number of nitrogens with two attached hydrogens (primary N) is 2. The molecule has 0 amide bonds. The smallest absolute Gasteiger partial charge is 0.382 e. The Kier molecular flexibility index (Phi) is 9.56. The molecule has 0 bridgehead atoms. The SMILES string of the molecule is Nc1ncnc2c1ncn2[C@@H]1O[C@H](COP(O)(=S)OCC2C[C@H](n3c(=O)sc4c(N)ncnc43)O[C@@H]2COP(=O)(O)I)C[C@H]1F. The summed E-state index contributed by atoms with van der Waals surface area (Å²) < 4.78 is 57.9. The molecule has 6 rings (SSSR count). The fraction of sp³-hybridized carbons (Fsp3) is 0.524. The van der Waals surface area contributed by atoms with Crippen molar-refractivity contribution in [2.75, 3.05) is 31.3 Å². The van der Waals surface area contributed by atoms with E-state index in [9.17, 15) is 23.5 Å². The van der Waals surface area contributed by atoms with Gasteiger partial charge in [0.2, 0.25) is 0 Å². The van der Waals surface area contributed by atoms with Crippen LogP contribution in [0.5, 0.6) is 0 Å². The third kappa shape index (κ3) is 7.21. The minimum absolute atomic E-state index is 0.0628. The largest absolute Gasteiger partial charge is 0.386 e. The Morgan fingerprint density at radius 3 is 2.51 bits per heavy atom. The molecule has 6 heterocycles. The van der Waals surface area contributed by atoms with E-state index in [1.54, 1.807) is 0 Å². The lowest BCUT2D eigenvalue weighted by molar-refractivity contribution is -0.0361. The Hall–Kier alpha value is -1.82. The van der Waals surface area contributed by atoms with Crippen LogP contribution in [0.25, 0.3) is 21.5 Å². The molecule has 0 aliphatic carbocycles. The third-order valence-electron chi connectivity index (χ3n) is 7.14. The maximum atomic E-state index is 15.0. The number of alkyl halides is 1. The molecule has 2 saturated heterocycles. The van der Waals surface area contributed by atoms with E-state index in [-0.39, 0.29) is 49.9 Å². The summed E-state index contributed by atoms with van der Waals surface area (Å²) in [5.74, 6) is -0.285. The van der Waals surface area contributed by atoms with Crippen molar-refractivity contribution < 1.29 is 41.8 Å². The van der Waals surface area contributed by atoms with Crippen molar-refractivity contribution in [3.63, 3.8) is 0 Å². The van der Waals surface area contributed by atoms with Crippen LogP contribution in [0.3, 0.4) is 0 Å². The van der Waals surface area contributed by atoms with Crippen molar-refractivity contribution in [2.24, 2.45) is 5.92 Å². The van der Waals surface area contributed by atoms with Gasteiger partial charge in [-0.15, -0.1) is 0 Å². The molecule has 2 fully saturated rings. The maximum absolute atomic E-state index is 15.0. The molecule has 18 nitrogen and oxygen atoms in total. The Labute approximate surface area is 274 Å². The number of hydrogen-bond donors (Lipinski definition) is 4. The molecule has 0 radical (unpaired) electrons. The monoisotopic (exact) mass is 819 g/mol. The average molecular weight is 819 g/mol. The van der Waals surface area contributed by atoms with Gasteiger partial charge in [0.15, 0.2) is 23.3 Å². The Balaban J connectivity index is 1.10. The van der Waals surface area contributed by atoms with Gasteiger partial charge >= 0.3 is 16.8 Å². The molecule has 3 unspecified atom stereocenters. The van der Waals surface area contributed by atoms with E-state index in [1.807, 2.05) is 0 Å². The van der Waals surface area contributed by atoms with E-state index in [0.717, 1.165) is 11.3 Å². The molecule has 45 heavy (non-hydrogen) atoms. The first-order chi connectivity index (χ1) is 21.3. The molecule has 0 aromatic carbocycles. The minimum atomic E-state index is -3.90. The Morgan fingerprint density at radius 2 is 1.76 bits per heavy atom. The number of fused-ring (bicyclic) bond motifs is 2. The molecular formula is C21H25FIN9O9P2S2. The highest BCUT2D eigenvalue weighted by Crippen LogP contribution is 2.52. The van der Waals surface area contributed by atoms with Gasteiger partial charge in [0.25, 0.3) is 0 Å². The van der Waals surface area contributed by atoms with Crippen LogP contribution in [0, 0.1) is 5.92 Å². The fourth-order valence-electron chi connectivity index (χ4n) is 5.10. The van der Waals surface area contributed by atoms with Gasteiger partial charge in [-0.3, -0.25) is 18.5 Å². The van der Waals surface area contributed by atoms with Crippen LogP contribution >= 0.6 is 45.3 Å². The minimum Gasteiger partial charge on any atom is -0.382 e. The first kappa shape index (κ1) is 33.1. The highest BCUT2D eigenvalue weighted by molar-refractivity contribution is 14.2. The second kappa shape index (κ2) is 13.0. The van der Waals surface area contributed by atoms with Gasteiger partial charge in [-0.05, 0) is 11.8 Å².